The Morgan fingerprint density at radius 2 is 2.14 bits per heavy atom. The van der Waals surface area contributed by atoms with E-state index in [0.29, 0.717) is 6.61 Å². The molecule has 0 aromatic rings. The molecule has 2 saturated heterocycles. The van der Waals surface area contributed by atoms with Crippen molar-refractivity contribution in [3.8, 4) is 0 Å². The van der Waals surface area contributed by atoms with Crippen LogP contribution in [0.3, 0.4) is 0 Å². The number of thioether (sulfide) groups is 1. The van der Waals surface area contributed by atoms with Gasteiger partial charge in [0, 0.05) is 11.4 Å². The van der Waals surface area contributed by atoms with Crippen LogP contribution >= 0.6 is 11.8 Å². The van der Waals surface area contributed by atoms with Crippen LogP contribution < -0.4 is 10.4 Å². The zero-order chi connectivity index (χ0) is 15.9. The van der Waals surface area contributed by atoms with Crippen molar-refractivity contribution in [2.45, 2.75) is 56.0 Å². The largest absolute Gasteiger partial charge is 0.548 e. The molecule has 0 aromatic carbocycles. The first kappa shape index (κ1) is 16.1. The molecule has 0 radical (unpaired) electrons. The third-order valence-corrected chi connectivity index (χ3v) is 5.32. The minimum Gasteiger partial charge on any atom is -0.548 e. The maximum atomic E-state index is 12.1. The van der Waals surface area contributed by atoms with Crippen LogP contribution in [0.5, 0.6) is 0 Å². The zero-order valence-electron chi connectivity index (χ0n) is 12.4. The minimum atomic E-state index is -1.27. The number of carbonyl (C=O) groups is 3. The zero-order valence-corrected chi connectivity index (χ0v) is 13.2. The van der Waals surface area contributed by atoms with Crippen LogP contribution in [0.2, 0.25) is 0 Å². The number of rotatable bonds is 5. The van der Waals surface area contributed by atoms with Crippen LogP contribution in [0.1, 0.15) is 27.7 Å². The Morgan fingerprint density at radius 1 is 1.52 bits per heavy atom. The van der Waals surface area contributed by atoms with E-state index in [2.05, 4.69) is 5.32 Å². The monoisotopic (exact) mass is 315 g/mol. The molecule has 1 N–H and O–H groups in total. The highest BCUT2D eigenvalue weighted by atomic mass is 32.2. The van der Waals surface area contributed by atoms with Crippen LogP contribution in [0, 0.1) is 0 Å². The number of hydrogen-bond acceptors (Lipinski definition) is 6. The summed E-state index contributed by atoms with van der Waals surface area (Å²) in [6, 6.07) is -1.67. The van der Waals surface area contributed by atoms with Crippen molar-refractivity contribution in [2.24, 2.45) is 0 Å². The van der Waals surface area contributed by atoms with Gasteiger partial charge in [0.05, 0.1) is 12.0 Å². The number of amides is 2. The molecule has 2 amide bonds. The third-order valence-electron chi connectivity index (χ3n) is 3.75. The van der Waals surface area contributed by atoms with Crippen LogP contribution in [0.25, 0.3) is 0 Å². The Hall–Kier alpha value is -1.28. The summed E-state index contributed by atoms with van der Waals surface area (Å²) in [4.78, 5) is 36.6. The number of β-lactam (4-membered cyclic amide) rings is 1. The first-order chi connectivity index (χ1) is 9.70. The third kappa shape index (κ3) is 2.62. The van der Waals surface area contributed by atoms with E-state index in [9.17, 15) is 19.5 Å². The van der Waals surface area contributed by atoms with Gasteiger partial charge < -0.3 is 24.9 Å². The number of carbonyl (C=O) groups excluding carboxylic acids is 3. The smallest absolute Gasteiger partial charge is 0.249 e. The van der Waals surface area contributed by atoms with E-state index in [1.807, 2.05) is 0 Å². The molecule has 0 bridgehead atoms. The highest BCUT2D eigenvalue weighted by Crippen LogP contribution is 2.50. The van der Waals surface area contributed by atoms with Crippen LogP contribution in [-0.4, -0.2) is 57.6 Å². The Bertz CT molecular complexity index is 481. The second kappa shape index (κ2) is 5.49. The number of fused-ring (bicyclic) bond motifs is 1. The fourth-order valence-electron chi connectivity index (χ4n) is 2.72. The van der Waals surface area contributed by atoms with Gasteiger partial charge in [-0.15, -0.1) is 11.8 Å². The van der Waals surface area contributed by atoms with Gasteiger partial charge >= 0.3 is 0 Å². The molecule has 0 unspecified atom stereocenters. The van der Waals surface area contributed by atoms with Crippen molar-refractivity contribution in [3.63, 3.8) is 0 Å². The van der Waals surface area contributed by atoms with Gasteiger partial charge in [-0.05, 0) is 27.7 Å². The van der Waals surface area contributed by atoms with Crippen LogP contribution in [-0.2, 0) is 19.1 Å². The van der Waals surface area contributed by atoms with E-state index < -0.39 is 28.9 Å². The molecular weight excluding hydrogens is 296 g/mol. The molecule has 8 heteroatoms. The maximum Gasteiger partial charge on any atom is 0.249 e. The molecule has 2 aliphatic heterocycles. The molecule has 2 fully saturated rings. The lowest BCUT2D eigenvalue weighted by Crippen LogP contribution is -2.72. The molecular formula is C13H19N2O5S-. The SMILES string of the molecule is CCO[C@H](C)C(=O)N[C@@H]1C(=O)N2[C@@H]1SC(C)(C)[C@H]2C(=O)[O-]. The lowest BCUT2D eigenvalue weighted by molar-refractivity contribution is -0.312. The molecule has 2 rings (SSSR count). The van der Waals surface area contributed by atoms with Gasteiger partial charge in [0.1, 0.15) is 17.5 Å². The van der Waals surface area contributed by atoms with E-state index in [0.717, 1.165) is 0 Å². The summed E-state index contributed by atoms with van der Waals surface area (Å²) in [5.74, 6) is -2.02. The molecule has 21 heavy (non-hydrogen) atoms. The van der Waals surface area contributed by atoms with Gasteiger partial charge in [0.15, 0.2) is 0 Å². The number of nitrogens with zero attached hydrogens (tertiary/aromatic N) is 1. The first-order valence-electron chi connectivity index (χ1n) is 6.83. The molecule has 0 aliphatic carbocycles. The molecule has 2 aliphatic rings. The molecule has 0 spiro atoms. The van der Waals surface area contributed by atoms with E-state index in [-0.39, 0.29) is 17.2 Å². The van der Waals surface area contributed by atoms with Crippen molar-refractivity contribution < 1.29 is 24.2 Å². The van der Waals surface area contributed by atoms with Gasteiger partial charge in [-0.2, -0.15) is 0 Å². The molecule has 118 valence electrons. The second-order valence-electron chi connectivity index (χ2n) is 5.66. The van der Waals surface area contributed by atoms with Gasteiger partial charge in [0.2, 0.25) is 11.8 Å². The van der Waals surface area contributed by atoms with Crippen molar-refractivity contribution >= 4 is 29.5 Å². The lowest BCUT2D eigenvalue weighted by atomic mass is 9.96. The topological polar surface area (TPSA) is 98.8 Å². The minimum absolute atomic E-state index is 0.367. The highest BCUT2D eigenvalue weighted by molar-refractivity contribution is 8.01. The summed E-state index contributed by atoms with van der Waals surface area (Å²) in [5, 5.41) is 13.5. The normalized spacial score (nSPS) is 31.3. The molecule has 2 heterocycles. The average Bonchev–Trinajstić information content (AvgIpc) is 2.64. The first-order valence-corrected chi connectivity index (χ1v) is 7.71. The Labute approximate surface area is 127 Å². The summed E-state index contributed by atoms with van der Waals surface area (Å²) >= 11 is 1.36. The average molecular weight is 315 g/mol. The number of hydrogen-bond donors (Lipinski definition) is 1. The lowest BCUT2D eigenvalue weighted by Gasteiger charge is -2.45. The van der Waals surface area contributed by atoms with Crippen molar-refractivity contribution in [1.82, 2.24) is 10.2 Å². The predicted octanol–water partition coefficient (Wildman–Crippen LogP) is -1.29. The number of carboxylic acid groups (broad SMARTS) is 1. The Morgan fingerprint density at radius 3 is 2.67 bits per heavy atom. The standard InChI is InChI=1S/C13H20N2O5S/c1-5-20-6(2)9(16)14-7-10(17)15-8(12(18)19)13(3,4)21-11(7)15/h6-8,11H,5H2,1-4H3,(H,14,16)(H,18,19)/p-1/t6-,7-,8-,11-/m1/s1. The van der Waals surface area contributed by atoms with Crippen molar-refractivity contribution in [1.29, 1.82) is 0 Å². The number of nitrogens with one attached hydrogen (secondary N) is 1. The summed E-state index contributed by atoms with van der Waals surface area (Å²) in [6.45, 7) is 7.30. The van der Waals surface area contributed by atoms with Crippen LogP contribution in [0.15, 0.2) is 0 Å². The number of aliphatic carboxylic acids is 1. The predicted molar refractivity (Wildman–Crippen MR) is 74.1 cm³/mol. The molecule has 0 aromatic heterocycles. The van der Waals surface area contributed by atoms with E-state index >= 15 is 0 Å². The van der Waals surface area contributed by atoms with Gasteiger partial charge in [-0.25, -0.2) is 0 Å². The second-order valence-corrected chi connectivity index (χ2v) is 7.43. The van der Waals surface area contributed by atoms with Gasteiger partial charge in [0.25, 0.3) is 0 Å². The summed E-state index contributed by atoms with van der Waals surface area (Å²) in [6.07, 6.45) is -0.645. The fourth-order valence-corrected chi connectivity index (χ4v) is 4.34. The molecule has 7 nitrogen and oxygen atoms in total. The van der Waals surface area contributed by atoms with E-state index in [1.54, 1.807) is 27.7 Å². The molecule has 0 saturated carbocycles. The van der Waals surface area contributed by atoms with E-state index in [4.69, 9.17) is 4.74 Å². The Kier molecular flexibility index (Phi) is 4.21. The van der Waals surface area contributed by atoms with Gasteiger partial charge in [-0.1, -0.05) is 0 Å². The van der Waals surface area contributed by atoms with E-state index in [1.165, 1.54) is 16.7 Å². The maximum absolute atomic E-state index is 12.1. The van der Waals surface area contributed by atoms with Crippen molar-refractivity contribution in [3.05, 3.63) is 0 Å². The summed E-state index contributed by atoms with van der Waals surface area (Å²) in [5.41, 5.74) is 0. The highest BCUT2D eigenvalue weighted by Gasteiger charge is 2.62. The molecule has 4 atom stereocenters. The number of ether oxygens (including phenoxy) is 1. The summed E-state index contributed by atoms with van der Waals surface area (Å²) < 4.78 is 4.52. The fraction of sp³-hybridized carbons (Fsp3) is 0.769. The summed E-state index contributed by atoms with van der Waals surface area (Å²) in [7, 11) is 0. The Balaban J connectivity index is 2.06. The quantitative estimate of drug-likeness (QED) is 0.634. The van der Waals surface area contributed by atoms with Crippen molar-refractivity contribution in [2.75, 3.05) is 6.61 Å². The number of carboxylic acids is 1. The van der Waals surface area contributed by atoms with Crippen LogP contribution in [0.4, 0.5) is 0 Å². The van der Waals surface area contributed by atoms with Gasteiger partial charge in [-0.3, -0.25) is 9.59 Å².